The van der Waals surface area contributed by atoms with E-state index in [9.17, 15) is 0 Å². The van der Waals surface area contributed by atoms with Crippen molar-refractivity contribution in [2.45, 2.75) is 0 Å². The van der Waals surface area contributed by atoms with Gasteiger partial charge in [0.15, 0.2) is 6.10 Å². The van der Waals surface area contributed by atoms with Gasteiger partial charge in [0.05, 0.1) is 26.9 Å². The van der Waals surface area contributed by atoms with Crippen molar-refractivity contribution in [1.29, 1.82) is 0 Å². The van der Waals surface area contributed by atoms with E-state index in [1.807, 2.05) is 30.3 Å². The zero-order valence-electron chi connectivity index (χ0n) is 12.5. The first-order valence-corrected chi connectivity index (χ1v) is 6.60. The van der Waals surface area contributed by atoms with E-state index in [4.69, 9.17) is 18.9 Å². The molecule has 0 atom stereocenters. The van der Waals surface area contributed by atoms with Gasteiger partial charge in [-0.05, 0) is 23.6 Å². The molecule has 0 saturated heterocycles. The summed E-state index contributed by atoms with van der Waals surface area (Å²) in [5.41, 5.74) is 1.85. The summed E-state index contributed by atoms with van der Waals surface area (Å²) < 4.78 is 22.0. The zero-order chi connectivity index (χ0) is 15.0. The van der Waals surface area contributed by atoms with Gasteiger partial charge in [0.1, 0.15) is 17.3 Å². The minimum atomic E-state index is 0.718. The molecule has 4 nitrogen and oxygen atoms in total. The van der Waals surface area contributed by atoms with Crippen LogP contribution >= 0.6 is 0 Å². The van der Waals surface area contributed by atoms with Gasteiger partial charge < -0.3 is 18.9 Å². The molecule has 0 amide bonds. The Morgan fingerprint density at radius 2 is 1.29 bits per heavy atom. The Labute approximate surface area is 123 Å². The molecule has 21 heavy (non-hydrogen) atoms. The molecule has 0 fully saturated rings. The van der Waals surface area contributed by atoms with Crippen molar-refractivity contribution in [2.24, 2.45) is 0 Å². The summed E-state index contributed by atoms with van der Waals surface area (Å²) >= 11 is 0. The fraction of sp³-hybridized carbons (Fsp3) is 0.235. The average Bonchev–Trinajstić information content (AvgIpc) is 2.55. The average molecular weight is 285 g/mol. The maximum atomic E-state index is 5.53. The third kappa shape index (κ3) is 1.94. The summed E-state index contributed by atoms with van der Waals surface area (Å²) in [5.74, 6) is 2.25. The lowest BCUT2D eigenvalue weighted by Gasteiger charge is -2.25. The van der Waals surface area contributed by atoms with Crippen LogP contribution in [0.15, 0.2) is 30.3 Å². The molecule has 0 aromatic heterocycles. The van der Waals surface area contributed by atoms with Crippen LogP contribution in [0.1, 0.15) is 11.1 Å². The number of rotatable bonds is 4. The lowest BCUT2D eigenvalue weighted by molar-refractivity contribution is 0.246. The summed E-state index contributed by atoms with van der Waals surface area (Å²) in [6.45, 7) is 0. The monoisotopic (exact) mass is 285 g/mol. The normalized spacial score (nSPS) is 14.0. The summed E-state index contributed by atoms with van der Waals surface area (Å²) in [6.07, 6.45) is 2.58. The molecule has 0 spiro atoms. The van der Waals surface area contributed by atoms with Gasteiger partial charge in [0, 0.05) is 18.1 Å². The molecular weight excluding hydrogens is 268 g/mol. The van der Waals surface area contributed by atoms with E-state index in [2.05, 4.69) is 0 Å². The molecule has 1 aliphatic carbocycles. The Balaban J connectivity index is 2.45. The SMILES string of the molecule is CO[C]1C=C(OC)c2c(OC)ccc3ccc(OC)c1c23. The van der Waals surface area contributed by atoms with Crippen LogP contribution in [0.25, 0.3) is 16.5 Å². The highest BCUT2D eigenvalue weighted by Crippen LogP contribution is 2.46. The molecule has 4 heteroatoms. The molecule has 2 aromatic carbocycles. The molecule has 109 valence electrons. The van der Waals surface area contributed by atoms with Gasteiger partial charge in [-0.2, -0.15) is 0 Å². The number of hydrogen-bond donors (Lipinski definition) is 0. The number of benzene rings is 2. The van der Waals surface area contributed by atoms with E-state index in [1.165, 1.54) is 0 Å². The van der Waals surface area contributed by atoms with Crippen LogP contribution < -0.4 is 9.47 Å². The summed E-state index contributed by atoms with van der Waals surface area (Å²) in [7, 11) is 6.59. The second-order valence-electron chi connectivity index (χ2n) is 4.66. The van der Waals surface area contributed by atoms with E-state index >= 15 is 0 Å². The van der Waals surface area contributed by atoms with Gasteiger partial charge in [-0.15, -0.1) is 0 Å². The molecule has 0 heterocycles. The fourth-order valence-corrected chi connectivity index (χ4v) is 2.79. The van der Waals surface area contributed by atoms with E-state index in [0.29, 0.717) is 0 Å². The maximum absolute atomic E-state index is 5.53. The lowest BCUT2D eigenvalue weighted by Crippen LogP contribution is -2.11. The molecule has 0 bridgehead atoms. The first-order chi connectivity index (χ1) is 10.2. The minimum Gasteiger partial charge on any atom is -0.496 e. The van der Waals surface area contributed by atoms with Crippen LogP contribution in [-0.4, -0.2) is 28.4 Å². The molecule has 0 unspecified atom stereocenters. The minimum absolute atomic E-state index is 0.718. The second kappa shape index (κ2) is 5.30. The quantitative estimate of drug-likeness (QED) is 0.863. The molecule has 1 aliphatic rings. The Hall–Kier alpha value is -2.20. The van der Waals surface area contributed by atoms with E-state index in [1.54, 1.807) is 28.4 Å². The van der Waals surface area contributed by atoms with Crippen molar-refractivity contribution in [3.05, 3.63) is 47.6 Å². The first kappa shape index (κ1) is 13.8. The van der Waals surface area contributed by atoms with E-state index < -0.39 is 0 Å². The fourth-order valence-electron chi connectivity index (χ4n) is 2.79. The molecule has 0 N–H and O–H groups in total. The van der Waals surface area contributed by atoms with Crippen molar-refractivity contribution in [3.8, 4) is 11.5 Å². The summed E-state index contributed by atoms with van der Waals surface area (Å²) in [6, 6.07) is 7.93. The molecule has 0 aliphatic heterocycles. The van der Waals surface area contributed by atoms with Crippen LogP contribution in [0.5, 0.6) is 11.5 Å². The molecule has 0 saturated carbocycles. The predicted molar refractivity (Wildman–Crippen MR) is 81.4 cm³/mol. The zero-order valence-corrected chi connectivity index (χ0v) is 12.5. The highest BCUT2D eigenvalue weighted by molar-refractivity contribution is 6.02. The van der Waals surface area contributed by atoms with Crippen molar-refractivity contribution >= 4 is 16.5 Å². The summed E-state index contributed by atoms with van der Waals surface area (Å²) in [5, 5.41) is 2.10. The number of methoxy groups -OCH3 is 4. The largest absolute Gasteiger partial charge is 0.496 e. The van der Waals surface area contributed by atoms with Gasteiger partial charge in [0.2, 0.25) is 0 Å². The predicted octanol–water partition coefficient (Wildman–Crippen LogP) is 3.38. The van der Waals surface area contributed by atoms with E-state index in [0.717, 1.165) is 45.3 Å². The third-order valence-electron chi connectivity index (χ3n) is 3.74. The van der Waals surface area contributed by atoms with Crippen molar-refractivity contribution in [2.75, 3.05) is 28.4 Å². The lowest BCUT2D eigenvalue weighted by atomic mass is 9.89. The van der Waals surface area contributed by atoms with Crippen molar-refractivity contribution < 1.29 is 18.9 Å². The molecule has 3 rings (SSSR count). The third-order valence-corrected chi connectivity index (χ3v) is 3.74. The molecule has 1 radical (unpaired) electrons. The van der Waals surface area contributed by atoms with Gasteiger partial charge in [-0.3, -0.25) is 0 Å². The van der Waals surface area contributed by atoms with Crippen LogP contribution in [0.2, 0.25) is 0 Å². The van der Waals surface area contributed by atoms with Crippen LogP contribution in [0.4, 0.5) is 0 Å². The highest BCUT2D eigenvalue weighted by Gasteiger charge is 2.29. The standard InChI is InChI=1S/C17H17O4/c1-18-11-7-5-10-6-8-12(19-2)17-14(21-4)9-13(20-3)16(11)15(10)17/h5-9H,1-4H3. The second-order valence-corrected chi connectivity index (χ2v) is 4.66. The van der Waals surface area contributed by atoms with Gasteiger partial charge >= 0.3 is 0 Å². The smallest absolute Gasteiger partial charge is 0.156 e. The topological polar surface area (TPSA) is 36.9 Å². The summed E-state index contributed by atoms with van der Waals surface area (Å²) in [4.78, 5) is 0. The Morgan fingerprint density at radius 1 is 0.667 bits per heavy atom. The Kier molecular flexibility index (Phi) is 3.47. The van der Waals surface area contributed by atoms with Gasteiger partial charge in [0.25, 0.3) is 0 Å². The highest BCUT2D eigenvalue weighted by atomic mass is 16.5. The van der Waals surface area contributed by atoms with Crippen molar-refractivity contribution in [1.82, 2.24) is 0 Å². The Bertz CT molecular complexity index is 713. The maximum Gasteiger partial charge on any atom is 0.156 e. The number of ether oxygens (including phenoxy) is 4. The molecule has 2 aromatic rings. The van der Waals surface area contributed by atoms with Crippen LogP contribution in [0.3, 0.4) is 0 Å². The molecular formula is C17H17O4. The van der Waals surface area contributed by atoms with Gasteiger partial charge in [-0.25, -0.2) is 0 Å². The van der Waals surface area contributed by atoms with Crippen LogP contribution in [-0.2, 0) is 9.47 Å². The number of hydrogen-bond acceptors (Lipinski definition) is 4. The van der Waals surface area contributed by atoms with E-state index in [-0.39, 0.29) is 0 Å². The van der Waals surface area contributed by atoms with Crippen molar-refractivity contribution in [3.63, 3.8) is 0 Å². The first-order valence-electron chi connectivity index (χ1n) is 6.60. The van der Waals surface area contributed by atoms with Crippen LogP contribution in [0, 0.1) is 6.10 Å². The Morgan fingerprint density at radius 3 is 1.81 bits per heavy atom. The van der Waals surface area contributed by atoms with Gasteiger partial charge in [-0.1, -0.05) is 12.1 Å².